The number of rotatable bonds is 1. The molecule has 3 heteroatoms. The highest BCUT2D eigenvalue weighted by Gasteiger charge is 2.68. The van der Waals surface area contributed by atoms with Gasteiger partial charge in [-0.05, 0) is 78.9 Å². The number of aliphatic hydroxyl groups is 3. The van der Waals surface area contributed by atoms with Gasteiger partial charge < -0.3 is 15.3 Å². The van der Waals surface area contributed by atoms with E-state index in [9.17, 15) is 15.3 Å². The smallest absolute Gasteiger partial charge is 0.0910 e. The van der Waals surface area contributed by atoms with E-state index in [4.69, 9.17) is 0 Å². The van der Waals surface area contributed by atoms with E-state index in [1.807, 2.05) is 0 Å². The zero-order chi connectivity index (χ0) is 16.7. The molecule has 0 aromatic heterocycles. The Morgan fingerprint density at radius 2 is 1.78 bits per heavy atom. The van der Waals surface area contributed by atoms with E-state index < -0.39 is 5.60 Å². The lowest BCUT2D eigenvalue weighted by molar-refractivity contribution is -0.198. The standard InChI is InChI=1S/C20H34O3/c1-17(2)7-4-8-18(3)15-6-5-13-9-19(15,10-14(22)16(17)18)11-20(13,23)12-21/h13-16,21-23H,4-12H2,1-3H3/t13-,14-,15+,16-,18+,19-,20+/m1/s1. The van der Waals surface area contributed by atoms with Crippen molar-refractivity contribution in [3.63, 3.8) is 0 Å². The van der Waals surface area contributed by atoms with Crippen LogP contribution < -0.4 is 0 Å². The average molecular weight is 322 g/mol. The molecule has 4 aliphatic carbocycles. The summed E-state index contributed by atoms with van der Waals surface area (Å²) in [4.78, 5) is 0. The highest BCUT2D eigenvalue weighted by Crippen LogP contribution is 2.72. The molecule has 0 heterocycles. The second-order valence-corrected chi connectivity index (χ2v) is 10.4. The maximum absolute atomic E-state index is 11.2. The second kappa shape index (κ2) is 4.74. The first-order valence-corrected chi connectivity index (χ1v) is 9.68. The number of hydrogen-bond donors (Lipinski definition) is 3. The molecular weight excluding hydrogens is 288 g/mol. The van der Waals surface area contributed by atoms with Gasteiger partial charge in [0, 0.05) is 0 Å². The Hall–Kier alpha value is -0.120. The summed E-state index contributed by atoms with van der Waals surface area (Å²) in [7, 11) is 0. The van der Waals surface area contributed by atoms with Crippen molar-refractivity contribution in [1.82, 2.24) is 0 Å². The van der Waals surface area contributed by atoms with Gasteiger partial charge >= 0.3 is 0 Å². The summed E-state index contributed by atoms with van der Waals surface area (Å²) in [5, 5.41) is 31.9. The molecule has 1 spiro atoms. The van der Waals surface area contributed by atoms with Gasteiger partial charge in [-0.2, -0.15) is 0 Å². The highest BCUT2D eigenvalue weighted by atomic mass is 16.3. The Morgan fingerprint density at radius 3 is 2.48 bits per heavy atom. The zero-order valence-electron chi connectivity index (χ0n) is 15.0. The first kappa shape index (κ1) is 16.4. The molecule has 4 saturated carbocycles. The minimum Gasteiger partial charge on any atom is -0.393 e. The van der Waals surface area contributed by atoms with Crippen molar-refractivity contribution in [1.29, 1.82) is 0 Å². The Balaban J connectivity index is 1.76. The lowest BCUT2D eigenvalue weighted by atomic mass is 9.40. The fraction of sp³-hybridized carbons (Fsp3) is 1.00. The molecule has 3 nitrogen and oxygen atoms in total. The molecule has 4 aliphatic rings. The van der Waals surface area contributed by atoms with Crippen LogP contribution in [0, 0.1) is 34.0 Å². The summed E-state index contributed by atoms with van der Waals surface area (Å²) in [6.07, 6.45) is 8.18. The minimum atomic E-state index is -0.901. The van der Waals surface area contributed by atoms with Crippen LogP contribution in [0.25, 0.3) is 0 Å². The van der Waals surface area contributed by atoms with Crippen LogP contribution in [0.2, 0.25) is 0 Å². The van der Waals surface area contributed by atoms with E-state index in [0.29, 0.717) is 18.3 Å². The van der Waals surface area contributed by atoms with E-state index in [1.54, 1.807) is 0 Å². The molecule has 23 heavy (non-hydrogen) atoms. The minimum absolute atomic E-state index is 0.0541. The largest absolute Gasteiger partial charge is 0.393 e. The van der Waals surface area contributed by atoms with Gasteiger partial charge in [0.25, 0.3) is 0 Å². The van der Waals surface area contributed by atoms with Gasteiger partial charge in [0.2, 0.25) is 0 Å². The Kier molecular flexibility index (Phi) is 3.37. The van der Waals surface area contributed by atoms with Crippen molar-refractivity contribution >= 4 is 0 Å². The van der Waals surface area contributed by atoms with E-state index in [-0.39, 0.29) is 34.9 Å². The van der Waals surface area contributed by atoms with Crippen LogP contribution in [-0.4, -0.2) is 33.6 Å². The first-order valence-electron chi connectivity index (χ1n) is 9.68. The van der Waals surface area contributed by atoms with Gasteiger partial charge in [-0.15, -0.1) is 0 Å². The van der Waals surface area contributed by atoms with Crippen LogP contribution in [0.3, 0.4) is 0 Å². The Morgan fingerprint density at radius 1 is 1.04 bits per heavy atom. The lowest BCUT2D eigenvalue weighted by Gasteiger charge is -2.65. The summed E-state index contributed by atoms with van der Waals surface area (Å²) in [6, 6.07) is 0. The molecular formula is C20H34O3. The van der Waals surface area contributed by atoms with Crippen molar-refractivity contribution in [2.24, 2.45) is 34.0 Å². The van der Waals surface area contributed by atoms with Crippen LogP contribution in [-0.2, 0) is 0 Å². The number of fused-ring (bicyclic) bond motifs is 3. The van der Waals surface area contributed by atoms with Gasteiger partial charge in [-0.3, -0.25) is 0 Å². The van der Waals surface area contributed by atoms with Crippen LogP contribution >= 0.6 is 0 Å². The molecule has 0 aliphatic heterocycles. The predicted octanol–water partition coefficient (Wildman–Crippen LogP) is 3.11. The van der Waals surface area contributed by atoms with E-state index in [1.165, 1.54) is 25.7 Å². The van der Waals surface area contributed by atoms with Crippen LogP contribution in [0.1, 0.15) is 72.1 Å². The monoisotopic (exact) mass is 322 g/mol. The Labute approximate surface area is 140 Å². The van der Waals surface area contributed by atoms with E-state index in [0.717, 1.165) is 19.3 Å². The number of hydrogen-bond acceptors (Lipinski definition) is 3. The summed E-state index contributed by atoms with van der Waals surface area (Å²) >= 11 is 0. The second-order valence-electron chi connectivity index (χ2n) is 10.4. The number of aliphatic hydroxyl groups excluding tert-OH is 2. The van der Waals surface area contributed by atoms with Crippen molar-refractivity contribution in [3.05, 3.63) is 0 Å². The normalized spacial score (nSPS) is 57.7. The van der Waals surface area contributed by atoms with Gasteiger partial charge in [-0.1, -0.05) is 27.2 Å². The molecule has 0 aromatic carbocycles. The molecule has 2 bridgehead atoms. The zero-order valence-corrected chi connectivity index (χ0v) is 15.0. The van der Waals surface area contributed by atoms with Crippen LogP contribution in [0.15, 0.2) is 0 Å². The molecule has 0 amide bonds. The summed E-state index contributed by atoms with van der Waals surface area (Å²) < 4.78 is 0. The topological polar surface area (TPSA) is 60.7 Å². The van der Waals surface area contributed by atoms with Gasteiger partial charge in [0.15, 0.2) is 0 Å². The van der Waals surface area contributed by atoms with Crippen LogP contribution in [0.5, 0.6) is 0 Å². The molecule has 0 aromatic rings. The molecule has 4 rings (SSSR count). The molecule has 0 unspecified atom stereocenters. The first-order chi connectivity index (χ1) is 10.7. The third kappa shape index (κ3) is 1.99. The van der Waals surface area contributed by atoms with Crippen molar-refractivity contribution in [2.45, 2.75) is 83.8 Å². The van der Waals surface area contributed by atoms with Gasteiger partial charge in [0.05, 0.1) is 18.3 Å². The average Bonchev–Trinajstić information content (AvgIpc) is 2.64. The van der Waals surface area contributed by atoms with Crippen molar-refractivity contribution in [2.75, 3.05) is 6.61 Å². The van der Waals surface area contributed by atoms with Gasteiger partial charge in [-0.25, -0.2) is 0 Å². The summed E-state index contributed by atoms with van der Waals surface area (Å²) in [6.45, 7) is 7.01. The molecule has 3 N–H and O–H groups in total. The Bertz CT molecular complexity index is 503. The highest BCUT2D eigenvalue weighted by molar-refractivity contribution is 5.18. The molecule has 4 fully saturated rings. The third-order valence-electron chi connectivity index (χ3n) is 8.77. The summed E-state index contributed by atoms with van der Waals surface area (Å²) in [5.74, 6) is 1.20. The van der Waals surface area contributed by atoms with E-state index in [2.05, 4.69) is 20.8 Å². The molecule has 7 atom stereocenters. The maximum Gasteiger partial charge on any atom is 0.0910 e. The quantitative estimate of drug-likeness (QED) is 0.695. The van der Waals surface area contributed by atoms with Crippen LogP contribution in [0.4, 0.5) is 0 Å². The fourth-order valence-corrected chi connectivity index (χ4v) is 8.34. The maximum atomic E-state index is 11.2. The third-order valence-corrected chi connectivity index (χ3v) is 8.77. The molecule has 132 valence electrons. The van der Waals surface area contributed by atoms with Crippen molar-refractivity contribution in [3.8, 4) is 0 Å². The molecule has 0 radical (unpaired) electrons. The van der Waals surface area contributed by atoms with Crippen molar-refractivity contribution < 1.29 is 15.3 Å². The fourth-order valence-electron chi connectivity index (χ4n) is 8.34. The van der Waals surface area contributed by atoms with E-state index >= 15 is 0 Å². The van der Waals surface area contributed by atoms with Gasteiger partial charge in [0.1, 0.15) is 0 Å². The molecule has 0 saturated heterocycles. The predicted molar refractivity (Wildman–Crippen MR) is 89.8 cm³/mol. The SMILES string of the molecule is CC1(C)CCC[C@]2(C)[C@@H]1[C@H](O)C[C@@]13C[C@@H](CC[C@H]12)[C@@](O)(CO)C3. The summed E-state index contributed by atoms with van der Waals surface area (Å²) in [5.41, 5.74) is -0.456. The lowest BCUT2D eigenvalue weighted by Crippen LogP contribution is -2.61.